The van der Waals surface area contributed by atoms with Crippen LogP contribution in [0.2, 0.25) is 0 Å². The van der Waals surface area contributed by atoms with Gasteiger partial charge in [0, 0.05) is 32.7 Å². The van der Waals surface area contributed by atoms with Crippen LogP contribution in [0.25, 0.3) is 0 Å². The van der Waals surface area contributed by atoms with Gasteiger partial charge in [0.25, 0.3) is 0 Å². The molecule has 0 unspecified atom stereocenters. The van der Waals surface area contributed by atoms with Crippen LogP contribution in [0.4, 0.5) is 0 Å². The van der Waals surface area contributed by atoms with Crippen LogP contribution < -0.4 is 0 Å². The zero-order chi connectivity index (χ0) is 6.57. The van der Waals surface area contributed by atoms with Crippen molar-refractivity contribution < 1.29 is 42.2 Å². The largest absolute Gasteiger partial charge is 0.487 e. The van der Waals surface area contributed by atoms with Crippen LogP contribution in [0, 0.1) is 4.83 Å². The van der Waals surface area contributed by atoms with E-state index in [-0.39, 0.29) is 38.7 Å². The molecule has 0 aromatic heterocycles. The van der Waals surface area contributed by atoms with Crippen LogP contribution in [0.5, 0.6) is 0 Å². The Morgan fingerprint density at radius 2 is 2.22 bits per heavy atom. The third-order valence-electron chi connectivity index (χ3n) is 0.557. The number of carbonyl (C=O) groups excluding carboxylic acids is 1. The maximum absolute atomic E-state index is 10.4. The fraction of sp³-hybridized carbons (Fsp3) is 0.600. The molecule has 9 heavy (non-hydrogen) atoms. The molecule has 0 aliphatic heterocycles. The minimum Gasteiger partial charge on any atom is -0.487 e. The summed E-state index contributed by atoms with van der Waals surface area (Å²) in [6, 6.07) is 0. The zero-order valence-corrected chi connectivity index (χ0v) is 9.90. The van der Waals surface area contributed by atoms with Crippen molar-refractivity contribution in [3.05, 3.63) is 4.83 Å². The van der Waals surface area contributed by atoms with Crippen molar-refractivity contribution in [3.8, 4) is 0 Å². The third-order valence-corrected chi connectivity index (χ3v) is 0.880. The second-order valence-corrected chi connectivity index (χ2v) is 2.44. The molecule has 4 heteroatoms. The van der Waals surface area contributed by atoms with Gasteiger partial charge in [0.15, 0.2) is 5.97 Å². The van der Waals surface area contributed by atoms with Gasteiger partial charge in [-0.15, -0.1) is 0 Å². The molecule has 0 spiro atoms. The van der Waals surface area contributed by atoms with E-state index in [2.05, 4.69) is 20.7 Å². The SMILES string of the molecule is CCOC(=O)[C-](C)Br.[Y]. The molecule has 0 heterocycles. The molecule has 0 N–H and O–H groups in total. The van der Waals surface area contributed by atoms with E-state index in [0.29, 0.717) is 11.4 Å². The average molecular weight is 269 g/mol. The van der Waals surface area contributed by atoms with Crippen LogP contribution in [-0.2, 0) is 42.2 Å². The first-order chi connectivity index (χ1) is 3.68. The van der Waals surface area contributed by atoms with Gasteiger partial charge < -0.3 is 4.74 Å². The van der Waals surface area contributed by atoms with E-state index in [1.165, 1.54) is 0 Å². The Kier molecular flexibility index (Phi) is 9.84. The summed E-state index contributed by atoms with van der Waals surface area (Å²) in [5, 5.41) is 0. The molecule has 2 nitrogen and oxygen atoms in total. The van der Waals surface area contributed by atoms with Crippen LogP contribution in [-0.4, -0.2) is 12.6 Å². The third kappa shape index (κ3) is 6.81. The maximum Gasteiger partial charge on any atom is 0.179 e. The van der Waals surface area contributed by atoms with Gasteiger partial charge in [0.05, 0.1) is 6.61 Å². The molecule has 0 aromatic rings. The molecule has 1 radical (unpaired) electrons. The summed E-state index contributed by atoms with van der Waals surface area (Å²) < 4.78 is 4.58. The number of carbonyl (C=O) groups is 1. The van der Waals surface area contributed by atoms with E-state index in [1.807, 2.05) is 0 Å². The topological polar surface area (TPSA) is 26.3 Å². The van der Waals surface area contributed by atoms with Gasteiger partial charge >= 0.3 is 0 Å². The van der Waals surface area contributed by atoms with Crippen molar-refractivity contribution in [1.29, 1.82) is 0 Å². The van der Waals surface area contributed by atoms with Gasteiger partial charge in [0.1, 0.15) is 0 Å². The molecule has 0 amide bonds. The van der Waals surface area contributed by atoms with Gasteiger partial charge in [-0.25, -0.2) is 4.83 Å². The van der Waals surface area contributed by atoms with E-state index in [1.54, 1.807) is 13.8 Å². The number of ether oxygens (including phenoxy) is 1. The summed E-state index contributed by atoms with van der Waals surface area (Å²) in [6.45, 7) is 3.85. The van der Waals surface area contributed by atoms with E-state index in [9.17, 15) is 4.79 Å². The Hall–Kier alpha value is 0.924. The number of hydrogen-bond donors (Lipinski definition) is 0. The van der Waals surface area contributed by atoms with E-state index in [4.69, 9.17) is 0 Å². The van der Waals surface area contributed by atoms with Crippen molar-refractivity contribution in [2.75, 3.05) is 6.61 Å². The van der Waals surface area contributed by atoms with Gasteiger partial charge in [-0.2, -0.15) is 6.92 Å². The first kappa shape index (κ1) is 12.6. The molecular weight excluding hydrogens is 261 g/mol. The fourth-order valence-corrected chi connectivity index (χ4v) is 0.345. The Bertz CT molecular complexity index is 85.0. The minimum atomic E-state index is -0.285. The Labute approximate surface area is 88.7 Å². The summed E-state index contributed by atoms with van der Waals surface area (Å²) in [6.07, 6.45) is 0. The summed E-state index contributed by atoms with van der Waals surface area (Å²) in [4.78, 5) is 10.9. The van der Waals surface area contributed by atoms with Gasteiger partial charge in [-0.1, -0.05) is 0 Å². The predicted octanol–water partition coefficient (Wildman–Crippen LogP) is 1.49. The Morgan fingerprint density at radius 1 is 1.78 bits per heavy atom. The van der Waals surface area contributed by atoms with Crippen LogP contribution in [0.3, 0.4) is 0 Å². The monoisotopic (exact) mass is 268 g/mol. The molecule has 0 rings (SSSR count). The smallest absolute Gasteiger partial charge is 0.179 e. The normalized spacial score (nSPS) is 7.44. The van der Waals surface area contributed by atoms with Crippen molar-refractivity contribution in [3.63, 3.8) is 0 Å². The van der Waals surface area contributed by atoms with E-state index >= 15 is 0 Å². The van der Waals surface area contributed by atoms with Gasteiger partial charge in [-0.05, 0) is 6.92 Å². The molecule has 0 saturated carbocycles. The Balaban J connectivity index is 0. The molecule has 0 fully saturated rings. The Morgan fingerprint density at radius 3 is 2.33 bits per heavy atom. The van der Waals surface area contributed by atoms with Crippen molar-refractivity contribution in [2.45, 2.75) is 13.8 Å². The molecule has 0 atom stereocenters. The fourth-order valence-electron chi connectivity index (χ4n) is 0.231. The molecule has 0 aromatic carbocycles. The van der Waals surface area contributed by atoms with Gasteiger partial charge in [0.2, 0.25) is 0 Å². The first-order valence-electron chi connectivity index (χ1n) is 2.34. The van der Waals surface area contributed by atoms with Crippen LogP contribution in [0.15, 0.2) is 0 Å². The molecule has 0 aliphatic rings. The summed E-state index contributed by atoms with van der Waals surface area (Å²) in [5.74, 6) is -0.285. The summed E-state index contributed by atoms with van der Waals surface area (Å²) in [7, 11) is 0. The standard InChI is InChI=1S/C5H8BrO2.Y/c1-3-8-5(7)4(2)6;/h3H2,1-2H3;/q-1;. The molecule has 0 bridgehead atoms. The first-order valence-corrected chi connectivity index (χ1v) is 3.14. The second kappa shape index (κ2) is 7.04. The predicted molar refractivity (Wildman–Crippen MR) is 34.5 cm³/mol. The second-order valence-electron chi connectivity index (χ2n) is 1.25. The number of hydrogen-bond acceptors (Lipinski definition) is 2. The van der Waals surface area contributed by atoms with E-state index in [0.717, 1.165) is 0 Å². The zero-order valence-electron chi connectivity index (χ0n) is 5.48. The molecule has 0 aliphatic carbocycles. The maximum atomic E-state index is 10.4. The summed E-state index contributed by atoms with van der Waals surface area (Å²) >= 11 is 2.98. The van der Waals surface area contributed by atoms with Crippen LogP contribution >= 0.6 is 15.9 Å². The quantitative estimate of drug-likeness (QED) is 0.560. The number of rotatable bonds is 2. The average Bonchev–Trinajstić information content (AvgIpc) is 1.67. The number of esters is 1. The van der Waals surface area contributed by atoms with Crippen molar-refractivity contribution in [2.24, 2.45) is 0 Å². The van der Waals surface area contributed by atoms with Crippen molar-refractivity contribution in [1.82, 2.24) is 0 Å². The number of halogens is 1. The summed E-state index contributed by atoms with van der Waals surface area (Å²) in [5.41, 5.74) is 0. The van der Waals surface area contributed by atoms with Gasteiger partial charge in [-0.3, -0.25) is 20.7 Å². The van der Waals surface area contributed by atoms with E-state index < -0.39 is 0 Å². The molecular formula is C5H8BrO2Y-. The molecule has 0 saturated heterocycles. The van der Waals surface area contributed by atoms with Crippen molar-refractivity contribution >= 4 is 21.9 Å². The molecule has 51 valence electrons. The minimum absolute atomic E-state index is 0. The van der Waals surface area contributed by atoms with Crippen LogP contribution in [0.1, 0.15) is 13.8 Å².